The van der Waals surface area contributed by atoms with E-state index >= 15 is 0 Å². The van der Waals surface area contributed by atoms with Crippen LogP contribution in [0.3, 0.4) is 0 Å². The smallest absolute Gasteiger partial charge is 0.267 e. The Bertz CT molecular complexity index is 857. The summed E-state index contributed by atoms with van der Waals surface area (Å²) in [4.78, 5) is 12.2. The molecular formula is C17H13Cl2N3O2. The number of phenolic OH excluding ortho intramolecular Hbond substituents is 1. The average Bonchev–Trinajstić information content (AvgIpc) is 2.54. The van der Waals surface area contributed by atoms with Crippen molar-refractivity contribution in [3.63, 3.8) is 0 Å². The topological polar surface area (TPSA) is 85.2 Å². The molecule has 0 radical (unpaired) electrons. The Hall–Kier alpha value is -2.68. The summed E-state index contributed by atoms with van der Waals surface area (Å²) in [6.07, 6.45) is 1.28. The van der Waals surface area contributed by atoms with Gasteiger partial charge in [-0.3, -0.25) is 4.79 Å². The van der Waals surface area contributed by atoms with E-state index in [9.17, 15) is 15.2 Å². The van der Waals surface area contributed by atoms with Crippen LogP contribution in [-0.4, -0.2) is 11.0 Å². The predicted octanol–water partition coefficient (Wildman–Crippen LogP) is 4.47. The van der Waals surface area contributed by atoms with Gasteiger partial charge in [0, 0.05) is 11.9 Å². The van der Waals surface area contributed by atoms with Gasteiger partial charge >= 0.3 is 0 Å². The molecular weight excluding hydrogens is 349 g/mol. The Balaban J connectivity index is 2.17. The van der Waals surface area contributed by atoms with E-state index in [1.807, 2.05) is 6.07 Å². The van der Waals surface area contributed by atoms with Crippen molar-refractivity contribution in [1.82, 2.24) is 0 Å². The van der Waals surface area contributed by atoms with Gasteiger partial charge in [-0.15, -0.1) is 0 Å². The lowest BCUT2D eigenvalue weighted by molar-refractivity contribution is -0.112. The number of anilines is 2. The van der Waals surface area contributed by atoms with Crippen LogP contribution in [0.25, 0.3) is 0 Å². The van der Waals surface area contributed by atoms with E-state index in [0.29, 0.717) is 16.4 Å². The molecule has 2 aromatic carbocycles. The Morgan fingerprint density at radius 1 is 1.25 bits per heavy atom. The highest BCUT2D eigenvalue weighted by Crippen LogP contribution is 2.29. The van der Waals surface area contributed by atoms with Gasteiger partial charge in [-0.25, -0.2) is 0 Å². The molecule has 0 aromatic heterocycles. The maximum atomic E-state index is 12.2. The van der Waals surface area contributed by atoms with Gasteiger partial charge in [0.2, 0.25) is 0 Å². The standard InChI is InChI=1S/C17H13Cl2N3O2/c1-10-7-12(23)5-6-14(10)21-9-11(8-20)17(24)22-15-4-2-3-13(18)16(15)19/h2-7,9,21,23H,1H3,(H,22,24)/b11-9-. The van der Waals surface area contributed by atoms with Crippen molar-refractivity contribution in [1.29, 1.82) is 5.26 Å². The Morgan fingerprint density at radius 2 is 2.00 bits per heavy atom. The molecule has 0 spiro atoms. The summed E-state index contributed by atoms with van der Waals surface area (Å²) in [5, 5.41) is 24.5. The van der Waals surface area contributed by atoms with Gasteiger partial charge < -0.3 is 15.7 Å². The molecule has 0 saturated carbocycles. The summed E-state index contributed by atoms with van der Waals surface area (Å²) in [6.45, 7) is 1.79. The molecule has 0 unspecified atom stereocenters. The van der Waals surface area contributed by atoms with Gasteiger partial charge in [-0.1, -0.05) is 29.3 Å². The molecule has 0 aliphatic carbocycles. The molecule has 0 aliphatic rings. The fourth-order valence-corrected chi connectivity index (χ4v) is 2.25. The number of aromatic hydroxyl groups is 1. The molecule has 0 heterocycles. The number of phenols is 1. The number of halogens is 2. The highest BCUT2D eigenvalue weighted by Gasteiger charge is 2.12. The first-order valence-electron chi connectivity index (χ1n) is 6.84. The minimum Gasteiger partial charge on any atom is -0.508 e. The predicted molar refractivity (Wildman–Crippen MR) is 95.3 cm³/mol. The minimum absolute atomic E-state index is 0.135. The number of rotatable bonds is 4. The summed E-state index contributed by atoms with van der Waals surface area (Å²) in [5.74, 6) is -0.485. The molecule has 0 fully saturated rings. The van der Waals surface area contributed by atoms with Crippen molar-refractivity contribution in [3.8, 4) is 11.8 Å². The Labute approximate surface area is 149 Å². The summed E-state index contributed by atoms with van der Waals surface area (Å²) in [6, 6.07) is 11.3. The first kappa shape index (κ1) is 17.7. The van der Waals surface area contributed by atoms with E-state index in [1.54, 1.807) is 37.3 Å². The summed E-state index contributed by atoms with van der Waals surface area (Å²) >= 11 is 11.9. The van der Waals surface area contributed by atoms with Gasteiger partial charge in [-0.2, -0.15) is 5.26 Å². The highest BCUT2D eigenvalue weighted by atomic mass is 35.5. The maximum absolute atomic E-state index is 12.2. The molecule has 2 rings (SSSR count). The van der Waals surface area contributed by atoms with Crippen LogP contribution in [0.1, 0.15) is 5.56 Å². The molecule has 3 N–H and O–H groups in total. The van der Waals surface area contributed by atoms with Gasteiger partial charge in [0.15, 0.2) is 0 Å². The second-order valence-electron chi connectivity index (χ2n) is 4.87. The first-order chi connectivity index (χ1) is 11.4. The van der Waals surface area contributed by atoms with Crippen LogP contribution in [0.4, 0.5) is 11.4 Å². The number of hydrogen-bond acceptors (Lipinski definition) is 4. The number of aryl methyl sites for hydroxylation is 1. The van der Waals surface area contributed by atoms with Crippen LogP contribution >= 0.6 is 23.2 Å². The van der Waals surface area contributed by atoms with Crippen LogP contribution in [0.5, 0.6) is 5.75 Å². The summed E-state index contributed by atoms with van der Waals surface area (Å²) in [7, 11) is 0. The number of carbonyl (C=O) groups is 1. The monoisotopic (exact) mass is 361 g/mol. The second kappa shape index (κ2) is 7.73. The zero-order valence-corrected chi connectivity index (χ0v) is 14.1. The third kappa shape index (κ3) is 4.19. The average molecular weight is 362 g/mol. The summed E-state index contributed by atoms with van der Waals surface area (Å²) in [5.41, 5.74) is 1.60. The number of nitrogens with one attached hydrogen (secondary N) is 2. The van der Waals surface area contributed by atoms with E-state index < -0.39 is 5.91 Å². The fraction of sp³-hybridized carbons (Fsp3) is 0.0588. The fourth-order valence-electron chi connectivity index (χ4n) is 1.90. The third-order valence-electron chi connectivity index (χ3n) is 3.15. The number of amides is 1. The molecule has 0 bridgehead atoms. The lowest BCUT2D eigenvalue weighted by Crippen LogP contribution is -2.15. The molecule has 0 saturated heterocycles. The largest absolute Gasteiger partial charge is 0.508 e. The zero-order chi connectivity index (χ0) is 17.7. The number of hydrogen-bond donors (Lipinski definition) is 3. The van der Waals surface area contributed by atoms with Crippen LogP contribution in [0.15, 0.2) is 48.2 Å². The second-order valence-corrected chi connectivity index (χ2v) is 5.65. The van der Waals surface area contributed by atoms with E-state index in [2.05, 4.69) is 10.6 Å². The van der Waals surface area contributed by atoms with E-state index in [1.165, 1.54) is 12.3 Å². The molecule has 1 amide bonds. The van der Waals surface area contributed by atoms with Gasteiger partial charge in [0.25, 0.3) is 5.91 Å². The SMILES string of the molecule is Cc1cc(O)ccc1N/C=C(/C#N)C(=O)Nc1cccc(Cl)c1Cl. The lowest BCUT2D eigenvalue weighted by Gasteiger charge is -2.09. The van der Waals surface area contributed by atoms with Crippen molar-refractivity contribution in [3.05, 3.63) is 63.8 Å². The van der Waals surface area contributed by atoms with Gasteiger partial charge in [0.05, 0.1) is 15.7 Å². The number of nitriles is 1. The Morgan fingerprint density at radius 3 is 2.67 bits per heavy atom. The quantitative estimate of drug-likeness (QED) is 0.426. The van der Waals surface area contributed by atoms with Crippen LogP contribution in [-0.2, 0) is 4.79 Å². The van der Waals surface area contributed by atoms with Crippen molar-refractivity contribution >= 4 is 40.5 Å². The van der Waals surface area contributed by atoms with Crippen LogP contribution in [0.2, 0.25) is 10.0 Å². The van der Waals surface area contributed by atoms with E-state index in [0.717, 1.165) is 5.56 Å². The minimum atomic E-state index is -0.620. The summed E-state index contributed by atoms with van der Waals surface area (Å²) < 4.78 is 0. The van der Waals surface area contributed by atoms with Gasteiger partial charge in [0.1, 0.15) is 17.4 Å². The molecule has 7 heteroatoms. The lowest BCUT2D eigenvalue weighted by atomic mass is 10.2. The third-order valence-corrected chi connectivity index (χ3v) is 3.97. The normalized spacial score (nSPS) is 10.8. The number of nitrogens with zero attached hydrogens (tertiary/aromatic N) is 1. The van der Waals surface area contributed by atoms with Crippen molar-refractivity contribution in [2.45, 2.75) is 6.92 Å². The molecule has 24 heavy (non-hydrogen) atoms. The van der Waals surface area contributed by atoms with Crippen LogP contribution < -0.4 is 10.6 Å². The Kier molecular flexibility index (Phi) is 5.69. The highest BCUT2D eigenvalue weighted by molar-refractivity contribution is 6.44. The van der Waals surface area contributed by atoms with E-state index in [-0.39, 0.29) is 16.3 Å². The van der Waals surface area contributed by atoms with Crippen LogP contribution in [0, 0.1) is 18.3 Å². The first-order valence-corrected chi connectivity index (χ1v) is 7.59. The molecule has 2 aromatic rings. The van der Waals surface area contributed by atoms with Gasteiger partial charge in [-0.05, 0) is 42.8 Å². The zero-order valence-electron chi connectivity index (χ0n) is 12.6. The van der Waals surface area contributed by atoms with Crippen molar-refractivity contribution in [2.24, 2.45) is 0 Å². The number of benzene rings is 2. The van der Waals surface area contributed by atoms with E-state index in [4.69, 9.17) is 23.2 Å². The van der Waals surface area contributed by atoms with Crippen molar-refractivity contribution in [2.75, 3.05) is 10.6 Å². The molecule has 5 nitrogen and oxygen atoms in total. The molecule has 0 atom stereocenters. The molecule has 0 aliphatic heterocycles. The maximum Gasteiger partial charge on any atom is 0.267 e. The van der Waals surface area contributed by atoms with Crippen molar-refractivity contribution < 1.29 is 9.90 Å². The molecule has 122 valence electrons. The number of carbonyl (C=O) groups excluding carboxylic acids is 1.